The second-order valence-electron chi connectivity index (χ2n) is 9.99. The lowest BCUT2D eigenvalue weighted by Gasteiger charge is -2.12. The summed E-state index contributed by atoms with van der Waals surface area (Å²) >= 11 is 0.973. The number of thiazole rings is 1. The molecule has 6 aromatic rings. The molecule has 0 unspecified atom stereocenters. The van der Waals surface area contributed by atoms with E-state index in [9.17, 15) is 22.8 Å². The molecule has 4 aromatic heterocycles. The fourth-order valence-corrected chi connectivity index (χ4v) is 5.70. The van der Waals surface area contributed by atoms with Crippen molar-refractivity contribution in [2.45, 2.75) is 19.3 Å². The van der Waals surface area contributed by atoms with Crippen LogP contribution in [-0.4, -0.2) is 41.8 Å². The Morgan fingerprint density at radius 2 is 1.80 bits per heavy atom. The van der Waals surface area contributed by atoms with Gasteiger partial charge in [0, 0.05) is 11.9 Å². The normalized spacial score (nSPS) is 12.1. The van der Waals surface area contributed by atoms with Crippen molar-refractivity contribution in [3.05, 3.63) is 99.9 Å². The highest BCUT2D eigenvalue weighted by Gasteiger charge is 2.22. The Morgan fingerprint density at radius 3 is 2.51 bits per heavy atom. The van der Waals surface area contributed by atoms with Crippen LogP contribution in [0.2, 0.25) is 0 Å². The molecule has 5 N–H and O–H groups in total. The van der Waals surface area contributed by atoms with Crippen molar-refractivity contribution in [2.75, 3.05) is 5.73 Å². The van der Waals surface area contributed by atoms with Crippen molar-refractivity contribution in [1.82, 2.24) is 24.5 Å². The Morgan fingerprint density at radius 1 is 1.00 bits per heavy atom. The van der Waals surface area contributed by atoms with Crippen LogP contribution in [-0.2, 0) is 12.8 Å². The molecule has 10 nitrogen and oxygen atoms in total. The summed E-state index contributed by atoms with van der Waals surface area (Å²) in [6.45, 7) is 0. The van der Waals surface area contributed by atoms with Crippen LogP contribution in [0, 0.1) is 16.8 Å². The maximum Gasteiger partial charge on any atom is 0.251 e. The molecule has 0 saturated heterocycles. The van der Waals surface area contributed by atoms with Crippen LogP contribution in [0.15, 0.2) is 60.9 Å². The van der Waals surface area contributed by atoms with Crippen molar-refractivity contribution in [2.24, 2.45) is 5.73 Å². The third-order valence-corrected chi connectivity index (χ3v) is 8.03. The zero-order valence-corrected chi connectivity index (χ0v) is 24.0. The van der Waals surface area contributed by atoms with Crippen molar-refractivity contribution < 1.29 is 27.9 Å². The molecule has 1 aliphatic rings. The Hall–Kier alpha value is -5.63. The lowest BCUT2D eigenvalue weighted by atomic mass is 10.1. The van der Waals surface area contributed by atoms with Gasteiger partial charge in [-0.2, -0.15) is 8.78 Å². The number of nitrogens with zero attached hydrogens (tertiary/aromatic N) is 5. The van der Waals surface area contributed by atoms with Gasteiger partial charge in [-0.15, -0.1) is 0 Å². The predicted octanol–water partition coefficient (Wildman–Crippen LogP) is 5.40. The maximum absolute atomic E-state index is 13.6. The summed E-state index contributed by atoms with van der Waals surface area (Å²) in [5, 5.41) is 9.08. The van der Waals surface area contributed by atoms with E-state index in [0.717, 1.165) is 40.9 Å². The number of imidazole rings is 1. The van der Waals surface area contributed by atoms with E-state index in [4.69, 9.17) is 26.5 Å². The molecular weight excluding hydrogens is 607 g/mol. The third kappa shape index (κ3) is 5.47. The average Bonchev–Trinajstić information content (AvgIpc) is 3.78. The van der Waals surface area contributed by atoms with Crippen molar-refractivity contribution >= 4 is 40.5 Å². The highest BCUT2D eigenvalue weighted by Crippen LogP contribution is 2.34. The van der Waals surface area contributed by atoms with E-state index in [1.807, 2.05) is 28.8 Å². The van der Waals surface area contributed by atoms with E-state index in [0.29, 0.717) is 34.1 Å². The quantitative estimate of drug-likeness (QED) is 0.214. The van der Waals surface area contributed by atoms with Crippen molar-refractivity contribution in [3.63, 3.8) is 0 Å². The summed E-state index contributed by atoms with van der Waals surface area (Å²) in [7, 11) is 0. The minimum absolute atomic E-state index is 0.0876. The van der Waals surface area contributed by atoms with E-state index >= 15 is 0 Å². The van der Waals surface area contributed by atoms with Gasteiger partial charge >= 0.3 is 0 Å². The molecule has 14 heteroatoms. The van der Waals surface area contributed by atoms with Crippen LogP contribution in [0.25, 0.3) is 38.9 Å². The first-order valence-electron chi connectivity index (χ1n) is 13.5. The fraction of sp³-hybridized carbons (Fsp3) is 0.0968. The van der Waals surface area contributed by atoms with E-state index in [1.165, 1.54) is 23.7 Å². The number of benzene rings is 2. The predicted molar refractivity (Wildman–Crippen MR) is 162 cm³/mol. The average molecular weight is 630 g/mol. The highest BCUT2D eigenvalue weighted by atomic mass is 32.1. The number of nitrogen functional groups attached to an aromatic ring is 1. The standard InChI is InChI=1S/C23H17FN6S.C8H5F2NO3/c24-19-12-27-23(31-19)18-9-8-17-22(29-18)30(15-7-6-13-3-1-4-14(13)11-15)21(28-17)16-5-2-10-26-20(16)25;9-5-4(8(11)14)1-3(2-12)7(13)6(5)10/h2,5-12H,1,3-4H2,(H2,25,26);1-2,13H,(H2,11,14). The van der Waals surface area contributed by atoms with E-state index in [1.54, 1.807) is 6.20 Å². The van der Waals surface area contributed by atoms with Gasteiger partial charge in [-0.1, -0.05) is 17.4 Å². The number of anilines is 1. The molecule has 2 aromatic carbocycles. The summed E-state index contributed by atoms with van der Waals surface area (Å²) in [6, 6.07) is 14.6. The van der Waals surface area contributed by atoms with Gasteiger partial charge in [0.05, 0.1) is 22.9 Å². The van der Waals surface area contributed by atoms with Crippen molar-refractivity contribution in [3.8, 4) is 33.5 Å². The van der Waals surface area contributed by atoms with Crippen LogP contribution in [0.3, 0.4) is 0 Å². The second-order valence-corrected chi connectivity index (χ2v) is 11.0. The number of halogens is 3. The number of rotatable bonds is 5. The van der Waals surface area contributed by atoms with Gasteiger partial charge < -0.3 is 16.6 Å². The molecule has 7 rings (SSSR count). The van der Waals surface area contributed by atoms with Crippen LogP contribution < -0.4 is 11.5 Å². The summed E-state index contributed by atoms with van der Waals surface area (Å²) in [5.74, 6) is -4.51. The Bertz CT molecular complexity index is 2130. The molecule has 1 amide bonds. The number of phenolic OH excluding ortho intramolecular Hbond substituents is 1. The minimum Gasteiger partial charge on any atom is -0.504 e. The molecule has 1 aliphatic carbocycles. The number of pyridine rings is 2. The van der Waals surface area contributed by atoms with Crippen LogP contribution in [0.1, 0.15) is 38.3 Å². The number of aromatic nitrogens is 5. The SMILES string of the molecule is NC(=O)c1cc(C=O)c(O)c(F)c1F.Nc1ncccc1-c1nc2ccc(-c3ncc(F)s3)nc2n1-c1ccc2c(c1)CCC2. The number of amides is 1. The smallest absolute Gasteiger partial charge is 0.251 e. The highest BCUT2D eigenvalue weighted by molar-refractivity contribution is 7.13. The van der Waals surface area contributed by atoms with Crippen LogP contribution in [0.5, 0.6) is 5.75 Å². The number of hydrogen-bond donors (Lipinski definition) is 3. The number of fused-ring (bicyclic) bond motifs is 2. The number of carbonyl (C=O) groups excluding carboxylic acids is 2. The molecule has 0 radical (unpaired) electrons. The Labute approximate surface area is 256 Å². The number of carbonyl (C=O) groups is 2. The van der Waals surface area contributed by atoms with E-state index in [2.05, 4.69) is 28.2 Å². The van der Waals surface area contributed by atoms with Crippen LogP contribution >= 0.6 is 11.3 Å². The Kier molecular flexibility index (Phi) is 7.72. The summed E-state index contributed by atoms with van der Waals surface area (Å²) < 4.78 is 41.3. The molecule has 0 saturated carbocycles. The number of aromatic hydroxyl groups is 1. The van der Waals surface area contributed by atoms with Gasteiger partial charge in [0.1, 0.15) is 22.0 Å². The maximum atomic E-state index is 13.6. The lowest BCUT2D eigenvalue weighted by molar-refractivity contribution is 0.0995. The molecule has 4 heterocycles. The van der Waals surface area contributed by atoms with E-state index in [-0.39, 0.29) is 11.4 Å². The molecule has 0 aliphatic heterocycles. The molecule has 0 bridgehead atoms. The first kappa shape index (κ1) is 29.4. The molecular formula is C31H22F3N7O3S. The molecule has 226 valence electrons. The number of aryl methyl sites for hydroxylation is 2. The first-order valence-corrected chi connectivity index (χ1v) is 14.3. The second kappa shape index (κ2) is 11.8. The monoisotopic (exact) mass is 629 g/mol. The molecule has 0 fully saturated rings. The zero-order chi connectivity index (χ0) is 31.8. The number of aldehydes is 1. The van der Waals surface area contributed by atoms with Crippen molar-refractivity contribution in [1.29, 1.82) is 0 Å². The van der Waals surface area contributed by atoms with Gasteiger partial charge in [0.2, 0.25) is 5.82 Å². The molecule has 0 atom stereocenters. The van der Waals surface area contributed by atoms with Crippen LogP contribution in [0.4, 0.5) is 19.0 Å². The van der Waals surface area contributed by atoms with Gasteiger partial charge in [0.15, 0.2) is 34.5 Å². The van der Waals surface area contributed by atoms with Gasteiger partial charge in [-0.25, -0.2) is 24.3 Å². The molecule has 45 heavy (non-hydrogen) atoms. The topological polar surface area (TPSA) is 163 Å². The van der Waals surface area contributed by atoms with Gasteiger partial charge in [-0.05, 0) is 72.9 Å². The largest absolute Gasteiger partial charge is 0.504 e. The van der Waals surface area contributed by atoms with Gasteiger partial charge in [0.25, 0.3) is 5.91 Å². The number of hydrogen-bond acceptors (Lipinski definition) is 9. The zero-order valence-electron chi connectivity index (χ0n) is 23.2. The third-order valence-electron chi connectivity index (χ3n) is 7.22. The van der Waals surface area contributed by atoms with Gasteiger partial charge in [-0.3, -0.25) is 14.2 Å². The summed E-state index contributed by atoms with van der Waals surface area (Å²) in [4.78, 5) is 38.9. The van der Waals surface area contributed by atoms with E-state index < -0.39 is 34.4 Å². The minimum atomic E-state index is -1.66. The fourth-order valence-electron chi connectivity index (χ4n) is 5.08. The lowest BCUT2D eigenvalue weighted by Crippen LogP contribution is -2.15. The number of nitrogens with two attached hydrogens (primary N) is 2. The number of primary amides is 1. The molecule has 0 spiro atoms. The number of phenols is 1. The summed E-state index contributed by atoms with van der Waals surface area (Å²) in [6.07, 6.45) is 6.31. The Balaban J connectivity index is 0.000000216. The first-order chi connectivity index (χ1) is 21.7. The summed E-state index contributed by atoms with van der Waals surface area (Å²) in [5.41, 5.74) is 16.1.